The van der Waals surface area contributed by atoms with Crippen molar-refractivity contribution >= 4 is 44.8 Å². The highest BCUT2D eigenvalue weighted by atomic mass is 35.5. The van der Waals surface area contributed by atoms with Crippen LogP contribution in [0.25, 0.3) is 0 Å². The molecule has 0 bridgehead atoms. The van der Waals surface area contributed by atoms with Gasteiger partial charge in [-0.25, -0.2) is 8.42 Å². The van der Waals surface area contributed by atoms with Crippen LogP contribution in [-0.2, 0) is 23.0 Å². The Bertz CT molecular complexity index is 1250. The van der Waals surface area contributed by atoms with Crippen molar-refractivity contribution in [3.8, 4) is 0 Å². The highest BCUT2D eigenvalue weighted by Gasteiger charge is 2.36. The predicted octanol–water partition coefficient (Wildman–Crippen LogP) is 5.06. The third kappa shape index (κ3) is 4.28. The van der Waals surface area contributed by atoms with E-state index in [-0.39, 0.29) is 23.4 Å². The van der Waals surface area contributed by atoms with Gasteiger partial charge in [-0.3, -0.25) is 9.10 Å². The fourth-order valence-electron chi connectivity index (χ4n) is 3.76. The second kappa shape index (κ2) is 8.54. The van der Waals surface area contributed by atoms with Gasteiger partial charge in [-0.2, -0.15) is 0 Å². The minimum absolute atomic E-state index is 0.244. The minimum Gasteiger partial charge on any atom is -0.348 e. The van der Waals surface area contributed by atoms with Gasteiger partial charge in [0.25, 0.3) is 15.9 Å². The number of amides is 1. The number of carbonyl (C=O) groups excluding carboxylic acids is 1. The average Bonchev–Trinajstić information content (AvgIpc) is 3.09. The number of halogens is 2. The summed E-state index contributed by atoms with van der Waals surface area (Å²) in [6.07, 6.45) is 0.533. The van der Waals surface area contributed by atoms with Crippen molar-refractivity contribution in [1.29, 1.82) is 0 Å². The maximum atomic E-state index is 13.2. The van der Waals surface area contributed by atoms with Crippen molar-refractivity contribution in [1.82, 2.24) is 5.32 Å². The summed E-state index contributed by atoms with van der Waals surface area (Å²) in [6.45, 7) is 2.12. The van der Waals surface area contributed by atoms with Crippen LogP contribution in [0.2, 0.25) is 10.0 Å². The number of anilines is 1. The Labute approximate surface area is 191 Å². The van der Waals surface area contributed by atoms with Gasteiger partial charge < -0.3 is 5.32 Å². The van der Waals surface area contributed by atoms with Crippen LogP contribution in [0, 0.1) is 0 Å². The molecule has 0 unspecified atom stereocenters. The van der Waals surface area contributed by atoms with Gasteiger partial charge >= 0.3 is 0 Å². The van der Waals surface area contributed by atoms with Gasteiger partial charge in [0, 0.05) is 28.2 Å². The minimum atomic E-state index is -3.68. The Morgan fingerprint density at radius 1 is 1.06 bits per heavy atom. The van der Waals surface area contributed by atoms with Crippen LogP contribution < -0.4 is 9.62 Å². The Morgan fingerprint density at radius 2 is 1.81 bits per heavy atom. The van der Waals surface area contributed by atoms with Crippen molar-refractivity contribution in [3.63, 3.8) is 0 Å². The first-order valence-electron chi connectivity index (χ1n) is 9.72. The summed E-state index contributed by atoms with van der Waals surface area (Å²) >= 11 is 12.1. The predicted molar refractivity (Wildman–Crippen MR) is 123 cm³/mol. The molecule has 4 rings (SSSR count). The molecule has 1 N–H and O–H groups in total. The van der Waals surface area contributed by atoms with Crippen molar-refractivity contribution in [2.45, 2.75) is 30.8 Å². The molecule has 3 aromatic carbocycles. The number of fused-ring (bicyclic) bond motifs is 1. The maximum Gasteiger partial charge on any atom is 0.264 e. The number of nitrogens with one attached hydrogen (secondary N) is 1. The van der Waals surface area contributed by atoms with Gasteiger partial charge in [-0.1, -0.05) is 47.5 Å². The van der Waals surface area contributed by atoms with Crippen LogP contribution >= 0.6 is 23.2 Å². The molecular formula is C23H20Cl2N2O3S. The van der Waals surface area contributed by atoms with Crippen LogP contribution in [0.15, 0.2) is 71.6 Å². The fourth-order valence-corrected chi connectivity index (χ4v) is 5.95. The molecule has 1 aliphatic rings. The van der Waals surface area contributed by atoms with E-state index < -0.39 is 10.0 Å². The van der Waals surface area contributed by atoms with Gasteiger partial charge in [0.15, 0.2) is 0 Å². The molecule has 0 radical (unpaired) electrons. The van der Waals surface area contributed by atoms with E-state index in [1.807, 2.05) is 6.92 Å². The first-order chi connectivity index (χ1) is 14.8. The lowest BCUT2D eigenvalue weighted by Gasteiger charge is -2.24. The van der Waals surface area contributed by atoms with E-state index in [2.05, 4.69) is 5.32 Å². The molecule has 1 aliphatic heterocycles. The molecule has 0 aliphatic carbocycles. The van der Waals surface area contributed by atoms with E-state index >= 15 is 0 Å². The Hall–Kier alpha value is -2.54. The van der Waals surface area contributed by atoms with Gasteiger partial charge in [0.2, 0.25) is 0 Å². The topological polar surface area (TPSA) is 66.5 Å². The van der Waals surface area contributed by atoms with Crippen LogP contribution in [0.4, 0.5) is 5.69 Å². The van der Waals surface area contributed by atoms with Crippen molar-refractivity contribution < 1.29 is 13.2 Å². The molecule has 0 fully saturated rings. The van der Waals surface area contributed by atoms with Gasteiger partial charge in [-0.05, 0) is 66.9 Å². The number of benzene rings is 3. The first-order valence-corrected chi connectivity index (χ1v) is 11.9. The van der Waals surface area contributed by atoms with E-state index in [0.29, 0.717) is 27.7 Å². The normalized spacial score (nSPS) is 15.6. The quantitative estimate of drug-likeness (QED) is 0.561. The summed E-state index contributed by atoms with van der Waals surface area (Å²) < 4.78 is 27.8. The smallest absolute Gasteiger partial charge is 0.264 e. The molecule has 31 heavy (non-hydrogen) atoms. The number of sulfonamides is 1. The lowest BCUT2D eigenvalue weighted by molar-refractivity contribution is 0.0951. The maximum absolute atomic E-state index is 13.2. The van der Waals surface area contributed by atoms with Crippen LogP contribution in [0.3, 0.4) is 0 Å². The third-order valence-corrected chi connectivity index (χ3v) is 7.78. The zero-order valence-electron chi connectivity index (χ0n) is 16.7. The van der Waals surface area contributed by atoms with Crippen molar-refractivity contribution in [2.75, 3.05) is 4.31 Å². The second-order valence-electron chi connectivity index (χ2n) is 7.43. The largest absolute Gasteiger partial charge is 0.348 e. The zero-order valence-corrected chi connectivity index (χ0v) is 19.0. The highest BCUT2D eigenvalue weighted by Crippen LogP contribution is 2.37. The van der Waals surface area contributed by atoms with Crippen molar-refractivity contribution in [2.24, 2.45) is 0 Å². The molecule has 160 valence electrons. The number of nitrogens with zero attached hydrogens (tertiary/aromatic N) is 1. The molecule has 1 heterocycles. The summed E-state index contributed by atoms with van der Waals surface area (Å²) in [7, 11) is -3.68. The molecule has 3 aromatic rings. The van der Waals surface area contributed by atoms with Crippen LogP contribution in [0.5, 0.6) is 0 Å². The molecular weight excluding hydrogens is 455 g/mol. The third-order valence-electron chi connectivity index (χ3n) is 5.25. The monoisotopic (exact) mass is 474 g/mol. The number of carbonyl (C=O) groups is 1. The SMILES string of the molecule is C[C@H]1Cc2cc(C(=O)NCc3ccc(Cl)cc3Cl)ccc2N1S(=O)(=O)c1ccccc1. The van der Waals surface area contributed by atoms with E-state index in [0.717, 1.165) is 11.1 Å². The summed E-state index contributed by atoms with van der Waals surface area (Å²) in [4.78, 5) is 12.9. The Kier molecular flexibility index (Phi) is 5.97. The highest BCUT2D eigenvalue weighted by molar-refractivity contribution is 7.92. The van der Waals surface area contributed by atoms with Gasteiger partial charge in [-0.15, -0.1) is 0 Å². The Balaban J connectivity index is 1.55. The summed E-state index contributed by atoms with van der Waals surface area (Å²) in [5.41, 5.74) is 2.65. The fraction of sp³-hybridized carbons (Fsp3) is 0.174. The lowest BCUT2D eigenvalue weighted by atomic mass is 10.1. The average molecular weight is 475 g/mol. The van der Waals surface area contributed by atoms with Crippen LogP contribution in [-0.4, -0.2) is 20.4 Å². The van der Waals surface area contributed by atoms with E-state index in [9.17, 15) is 13.2 Å². The standard InChI is InChI=1S/C23H20Cl2N2O3S/c1-15-11-18-12-16(23(28)26-14-17-7-9-19(24)13-21(17)25)8-10-22(18)27(15)31(29,30)20-5-3-2-4-6-20/h2-10,12-13,15H,11,14H2,1H3,(H,26,28)/t15-/m0/s1. The second-order valence-corrected chi connectivity index (χ2v) is 10.1. The number of hydrogen-bond donors (Lipinski definition) is 1. The van der Waals surface area contributed by atoms with Gasteiger partial charge in [0.1, 0.15) is 0 Å². The molecule has 1 atom stereocenters. The summed E-state index contributed by atoms with van der Waals surface area (Å²) in [6, 6.07) is 18.3. The Morgan fingerprint density at radius 3 is 2.52 bits per heavy atom. The van der Waals surface area contributed by atoms with E-state index in [1.54, 1.807) is 66.7 Å². The number of rotatable bonds is 5. The van der Waals surface area contributed by atoms with Crippen molar-refractivity contribution in [3.05, 3.63) is 93.5 Å². The molecule has 0 saturated heterocycles. The molecule has 8 heteroatoms. The number of hydrogen-bond acceptors (Lipinski definition) is 3. The molecule has 0 aromatic heterocycles. The summed E-state index contributed by atoms with van der Waals surface area (Å²) in [5, 5.41) is 3.86. The molecule has 1 amide bonds. The van der Waals surface area contributed by atoms with E-state index in [1.165, 1.54) is 4.31 Å². The lowest BCUT2D eigenvalue weighted by Crippen LogP contribution is -2.35. The molecule has 0 saturated carbocycles. The van der Waals surface area contributed by atoms with E-state index in [4.69, 9.17) is 23.2 Å². The summed E-state index contributed by atoms with van der Waals surface area (Å²) in [5.74, 6) is -0.258. The molecule has 0 spiro atoms. The van der Waals surface area contributed by atoms with Gasteiger partial charge in [0.05, 0.1) is 10.6 Å². The zero-order chi connectivity index (χ0) is 22.2. The first kappa shape index (κ1) is 21.7. The van der Waals surface area contributed by atoms with Crippen LogP contribution in [0.1, 0.15) is 28.4 Å². The molecule has 5 nitrogen and oxygen atoms in total.